The van der Waals surface area contributed by atoms with Gasteiger partial charge in [0.15, 0.2) is 0 Å². The van der Waals surface area contributed by atoms with E-state index >= 15 is 0 Å². The molecule has 0 spiro atoms. The van der Waals surface area contributed by atoms with Crippen LogP contribution >= 0.6 is 7.60 Å². The van der Waals surface area contributed by atoms with Gasteiger partial charge in [0.05, 0.1) is 12.8 Å². The molecule has 1 rings (SSSR count). The summed E-state index contributed by atoms with van der Waals surface area (Å²) in [4.78, 5) is 0. The van der Waals surface area contributed by atoms with Crippen molar-refractivity contribution in [2.75, 3.05) is 12.8 Å². The predicted molar refractivity (Wildman–Crippen MR) is 131 cm³/mol. The fourth-order valence-corrected chi connectivity index (χ4v) is 5.29. The van der Waals surface area contributed by atoms with E-state index in [1.807, 2.05) is 30.3 Å². The Kier molecular flexibility index (Phi) is 15.3. The minimum absolute atomic E-state index is 0.514. The van der Waals surface area contributed by atoms with Gasteiger partial charge >= 0.3 is 7.60 Å². The molecule has 1 aromatic rings. The Labute approximate surface area is 186 Å². The summed E-state index contributed by atoms with van der Waals surface area (Å²) in [5, 5.41) is 0. The molecular weight excluding hydrogens is 391 g/mol. The van der Waals surface area contributed by atoms with Crippen LogP contribution in [0.2, 0.25) is 0 Å². The first-order valence-corrected chi connectivity index (χ1v) is 14.1. The number of hydrogen-bond donors (Lipinski definition) is 0. The van der Waals surface area contributed by atoms with E-state index in [0.29, 0.717) is 18.5 Å². The lowest BCUT2D eigenvalue weighted by molar-refractivity contribution is 0.256. The molecule has 0 aliphatic heterocycles. The highest BCUT2D eigenvalue weighted by Gasteiger charge is 2.25. The third-order valence-corrected chi connectivity index (χ3v) is 7.34. The second-order valence-corrected chi connectivity index (χ2v) is 11.6. The molecular formula is C26H47O3P. The highest BCUT2D eigenvalue weighted by molar-refractivity contribution is 7.54. The zero-order valence-corrected chi connectivity index (χ0v) is 21.0. The molecule has 3 nitrogen and oxygen atoms in total. The van der Waals surface area contributed by atoms with E-state index in [2.05, 4.69) is 27.7 Å². The molecule has 0 bridgehead atoms. The van der Waals surface area contributed by atoms with Crippen molar-refractivity contribution < 1.29 is 13.6 Å². The SMILES string of the molecule is CC(C)CCCCCCCOP(=O)(CCCCCCCC(C)C)Oc1ccccc1. The summed E-state index contributed by atoms with van der Waals surface area (Å²) in [6, 6.07) is 9.47. The van der Waals surface area contributed by atoms with Crippen molar-refractivity contribution in [3.05, 3.63) is 30.3 Å². The Bertz CT molecular complexity index is 557. The topological polar surface area (TPSA) is 35.5 Å². The van der Waals surface area contributed by atoms with Gasteiger partial charge in [0.25, 0.3) is 0 Å². The summed E-state index contributed by atoms with van der Waals surface area (Å²) in [5.41, 5.74) is 0. The molecule has 0 aromatic heterocycles. The average Bonchev–Trinajstić information content (AvgIpc) is 2.69. The van der Waals surface area contributed by atoms with Crippen molar-refractivity contribution in [1.82, 2.24) is 0 Å². The van der Waals surface area contributed by atoms with Gasteiger partial charge in [-0.05, 0) is 36.8 Å². The van der Waals surface area contributed by atoms with E-state index in [1.54, 1.807) is 0 Å². The van der Waals surface area contributed by atoms with Crippen LogP contribution in [0.5, 0.6) is 5.75 Å². The van der Waals surface area contributed by atoms with Gasteiger partial charge in [0.2, 0.25) is 0 Å². The first-order chi connectivity index (χ1) is 14.4. The Balaban J connectivity index is 2.32. The van der Waals surface area contributed by atoms with Gasteiger partial charge < -0.3 is 4.52 Å². The second kappa shape index (κ2) is 16.8. The highest BCUT2D eigenvalue weighted by atomic mass is 31.2. The first kappa shape index (κ1) is 27.2. The van der Waals surface area contributed by atoms with Crippen LogP contribution in [0.3, 0.4) is 0 Å². The molecule has 0 amide bonds. The van der Waals surface area contributed by atoms with Crippen LogP contribution in [0.25, 0.3) is 0 Å². The number of benzene rings is 1. The molecule has 1 aromatic carbocycles. The molecule has 174 valence electrons. The minimum Gasteiger partial charge on any atom is -0.424 e. The summed E-state index contributed by atoms with van der Waals surface area (Å²) in [7, 11) is -3.09. The maximum atomic E-state index is 13.3. The molecule has 0 aliphatic carbocycles. The first-order valence-electron chi connectivity index (χ1n) is 12.4. The maximum Gasteiger partial charge on any atom is 0.379 e. The molecule has 0 saturated heterocycles. The van der Waals surface area contributed by atoms with Crippen LogP contribution in [0, 0.1) is 11.8 Å². The van der Waals surface area contributed by atoms with E-state index in [-0.39, 0.29) is 0 Å². The fraction of sp³-hybridized carbons (Fsp3) is 0.769. The Morgan fingerprint density at radius 2 is 1.20 bits per heavy atom. The lowest BCUT2D eigenvalue weighted by Gasteiger charge is -2.19. The van der Waals surface area contributed by atoms with Crippen molar-refractivity contribution in [2.24, 2.45) is 11.8 Å². The Hall–Kier alpha value is -0.790. The van der Waals surface area contributed by atoms with E-state index in [4.69, 9.17) is 9.05 Å². The zero-order chi connectivity index (χ0) is 22.1. The summed E-state index contributed by atoms with van der Waals surface area (Å²) < 4.78 is 25.1. The summed E-state index contributed by atoms with van der Waals surface area (Å²) in [6.07, 6.45) is 14.8. The lowest BCUT2D eigenvalue weighted by atomic mass is 10.0. The van der Waals surface area contributed by atoms with Crippen molar-refractivity contribution in [3.8, 4) is 5.75 Å². The lowest BCUT2D eigenvalue weighted by Crippen LogP contribution is -2.04. The van der Waals surface area contributed by atoms with Crippen LogP contribution in [0.4, 0.5) is 0 Å². The van der Waals surface area contributed by atoms with Gasteiger partial charge in [-0.25, -0.2) is 4.57 Å². The largest absolute Gasteiger partial charge is 0.424 e. The molecule has 4 heteroatoms. The normalized spacial score (nSPS) is 13.7. The molecule has 1 unspecified atom stereocenters. The van der Waals surface area contributed by atoms with Crippen molar-refractivity contribution in [3.63, 3.8) is 0 Å². The third kappa shape index (κ3) is 15.1. The molecule has 1 atom stereocenters. The summed E-state index contributed by atoms with van der Waals surface area (Å²) in [6.45, 7) is 9.65. The van der Waals surface area contributed by atoms with Crippen molar-refractivity contribution >= 4 is 7.60 Å². The van der Waals surface area contributed by atoms with Gasteiger partial charge in [-0.1, -0.05) is 110 Å². The smallest absolute Gasteiger partial charge is 0.379 e. The van der Waals surface area contributed by atoms with Crippen molar-refractivity contribution in [1.29, 1.82) is 0 Å². The van der Waals surface area contributed by atoms with E-state index in [9.17, 15) is 4.57 Å². The Morgan fingerprint density at radius 3 is 1.77 bits per heavy atom. The van der Waals surface area contributed by atoms with Crippen LogP contribution in [-0.2, 0) is 9.09 Å². The zero-order valence-electron chi connectivity index (χ0n) is 20.1. The van der Waals surface area contributed by atoms with Gasteiger partial charge in [-0.2, -0.15) is 0 Å². The third-order valence-electron chi connectivity index (χ3n) is 5.41. The summed E-state index contributed by atoms with van der Waals surface area (Å²) >= 11 is 0. The van der Waals surface area contributed by atoms with Gasteiger partial charge in [0, 0.05) is 0 Å². The van der Waals surface area contributed by atoms with E-state index in [0.717, 1.165) is 37.5 Å². The second-order valence-electron chi connectivity index (χ2n) is 9.47. The monoisotopic (exact) mass is 438 g/mol. The average molecular weight is 439 g/mol. The van der Waals surface area contributed by atoms with Crippen LogP contribution < -0.4 is 4.52 Å². The fourth-order valence-electron chi connectivity index (χ4n) is 3.56. The van der Waals surface area contributed by atoms with Gasteiger partial charge in [-0.3, -0.25) is 4.52 Å². The van der Waals surface area contributed by atoms with Crippen molar-refractivity contribution in [2.45, 2.75) is 105 Å². The number of para-hydroxylation sites is 1. The Morgan fingerprint density at radius 1 is 0.700 bits per heavy atom. The number of rotatable bonds is 19. The summed E-state index contributed by atoms with van der Waals surface area (Å²) in [5.74, 6) is 2.23. The molecule has 0 saturated carbocycles. The minimum atomic E-state index is -3.09. The van der Waals surface area contributed by atoms with Crippen LogP contribution in [0.15, 0.2) is 30.3 Å². The molecule has 0 aliphatic rings. The quantitative estimate of drug-likeness (QED) is 0.159. The number of hydrogen-bond acceptors (Lipinski definition) is 3. The number of unbranched alkanes of at least 4 members (excludes halogenated alkanes) is 8. The molecule has 0 N–H and O–H groups in total. The highest BCUT2D eigenvalue weighted by Crippen LogP contribution is 2.49. The van der Waals surface area contributed by atoms with Crippen LogP contribution in [-0.4, -0.2) is 12.8 Å². The van der Waals surface area contributed by atoms with E-state index < -0.39 is 7.60 Å². The molecule has 0 heterocycles. The van der Waals surface area contributed by atoms with Crippen LogP contribution in [0.1, 0.15) is 105 Å². The van der Waals surface area contributed by atoms with Gasteiger partial charge in [0.1, 0.15) is 5.75 Å². The molecule has 30 heavy (non-hydrogen) atoms. The molecule has 0 fully saturated rings. The van der Waals surface area contributed by atoms with Gasteiger partial charge in [-0.15, -0.1) is 0 Å². The van der Waals surface area contributed by atoms with E-state index in [1.165, 1.54) is 51.4 Å². The predicted octanol–water partition coefficient (Wildman–Crippen LogP) is 9.27. The standard InChI is InChI=1S/C26H47O3P/c1-24(2)18-12-7-5-9-16-22-28-30(27,29-26-20-14-11-15-21-26)23-17-10-6-8-13-19-25(3)4/h11,14-15,20-21,24-25H,5-10,12-13,16-19,22-23H2,1-4H3. The molecule has 0 radical (unpaired) electrons. The maximum absolute atomic E-state index is 13.3.